The smallest absolute Gasteiger partial charge is 0.276 e. The average Bonchev–Trinajstić information content (AvgIpc) is 2.36. The van der Waals surface area contributed by atoms with Crippen molar-refractivity contribution in [2.24, 2.45) is 0 Å². The molecule has 3 nitrogen and oxygen atoms in total. The first kappa shape index (κ1) is 13.7. The van der Waals surface area contributed by atoms with Gasteiger partial charge in [0.2, 0.25) is 0 Å². The van der Waals surface area contributed by atoms with E-state index in [4.69, 9.17) is 0 Å². The molecule has 0 radical (unpaired) electrons. The van der Waals surface area contributed by atoms with Crippen LogP contribution >= 0.6 is 15.9 Å². The molecule has 0 atom stereocenters. The SMILES string of the molecule is Cc1cc(C)cc(N(C)C(=O)c2cccc(Br)n2)c1. The number of halogens is 1. The van der Waals surface area contributed by atoms with Gasteiger partial charge in [-0.3, -0.25) is 4.79 Å². The van der Waals surface area contributed by atoms with Crippen LogP contribution in [-0.4, -0.2) is 17.9 Å². The average molecular weight is 319 g/mol. The van der Waals surface area contributed by atoms with Gasteiger partial charge in [0.1, 0.15) is 10.3 Å². The molecule has 1 heterocycles. The van der Waals surface area contributed by atoms with E-state index in [0.29, 0.717) is 10.3 Å². The van der Waals surface area contributed by atoms with Crippen molar-refractivity contribution in [2.75, 3.05) is 11.9 Å². The molecule has 98 valence electrons. The number of carbonyl (C=O) groups excluding carboxylic acids is 1. The molecule has 4 heteroatoms. The fourth-order valence-corrected chi connectivity index (χ4v) is 2.30. The van der Waals surface area contributed by atoms with Gasteiger partial charge >= 0.3 is 0 Å². The summed E-state index contributed by atoms with van der Waals surface area (Å²) in [6, 6.07) is 11.4. The van der Waals surface area contributed by atoms with E-state index < -0.39 is 0 Å². The second-order valence-electron chi connectivity index (χ2n) is 4.56. The Kier molecular flexibility index (Phi) is 4.00. The number of anilines is 1. The quantitative estimate of drug-likeness (QED) is 0.790. The molecule has 19 heavy (non-hydrogen) atoms. The maximum Gasteiger partial charge on any atom is 0.276 e. The Hall–Kier alpha value is -1.68. The van der Waals surface area contributed by atoms with Crippen molar-refractivity contribution in [3.8, 4) is 0 Å². The number of carbonyl (C=O) groups is 1. The van der Waals surface area contributed by atoms with Crippen molar-refractivity contribution >= 4 is 27.5 Å². The lowest BCUT2D eigenvalue weighted by Gasteiger charge is -2.18. The lowest BCUT2D eigenvalue weighted by atomic mass is 10.1. The Labute approximate surface area is 121 Å². The number of nitrogens with zero attached hydrogens (tertiary/aromatic N) is 2. The highest BCUT2D eigenvalue weighted by atomic mass is 79.9. The largest absolute Gasteiger partial charge is 0.310 e. The van der Waals surface area contributed by atoms with Gasteiger partial charge in [-0.25, -0.2) is 4.98 Å². The summed E-state index contributed by atoms with van der Waals surface area (Å²) >= 11 is 3.28. The van der Waals surface area contributed by atoms with Crippen LogP contribution in [0.25, 0.3) is 0 Å². The van der Waals surface area contributed by atoms with Gasteiger partial charge in [0.15, 0.2) is 0 Å². The summed E-state index contributed by atoms with van der Waals surface area (Å²) in [7, 11) is 1.76. The van der Waals surface area contributed by atoms with Crippen LogP contribution in [0.15, 0.2) is 41.0 Å². The van der Waals surface area contributed by atoms with Crippen LogP contribution in [0.5, 0.6) is 0 Å². The van der Waals surface area contributed by atoms with Crippen LogP contribution in [0, 0.1) is 13.8 Å². The molecule has 0 spiro atoms. The van der Waals surface area contributed by atoms with Crippen molar-refractivity contribution in [1.82, 2.24) is 4.98 Å². The molecule has 0 bridgehead atoms. The lowest BCUT2D eigenvalue weighted by Crippen LogP contribution is -2.27. The van der Waals surface area contributed by atoms with E-state index in [-0.39, 0.29) is 5.91 Å². The van der Waals surface area contributed by atoms with E-state index >= 15 is 0 Å². The number of rotatable bonds is 2. The first-order valence-electron chi connectivity index (χ1n) is 5.96. The molecule has 0 aliphatic heterocycles. The van der Waals surface area contributed by atoms with Crippen LogP contribution in [0.2, 0.25) is 0 Å². The van der Waals surface area contributed by atoms with Crippen LogP contribution in [0.4, 0.5) is 5.69 Å². The Morgan fingerprint density at radius 3 is 2.37 bits per heavy atom. The fraction of sp³-hybridized carbons (Fsp3) is 0.200. The monoisotopic (exact) mass is 318 g/mol. The molecule has 0 saturated heterocycles. The number of hydrogen-bond donors (Lipinski definition) is 0. The summed E-state index contributed by atoms with van der Waals surface area (Å²) in [5.74, 6) is -0.119. The van der Waals surface area contributed by atoms with Crippen LogP contribution < -0.4 is 4.90 Å². The van der Waals surface area contributed by atoms with E-state index in [0.717, 1.165) is 16.8 Å². The molecule has 2 aromatic rings. The molecule has 0 N–H and O–H groups in total. The van der Waals surface area contributed by atoms with E-state index in [1.54, 1.807) is 30.1 Å². The third-order valence-electron chi connectivity index (χ3n) is 2.83. The third kappa shape index (κ3) is 3.20. The predicted molar refractivity (Wildman–Crippen MR) is 80.6 cm³/mol. The second kappa shape index (κ2) is 5.53. The van der Waals surface area contributed by atoms with Crippen molar-refractivity contribution in [3.63, 3.8) is 0 Å². The number of aromatic nitrogens is 1. The second-order valence-corrected chi connectivity index (χ2v) is 5.37. The predicted octanol–water partition coefficient (Wildman–Crippen LogP) is 3.74. The maximum absolute atomic E-state index is 12.4. The van der Waals surface area contributed by atoms with Crippen LogP contribution in [0.3, 0.4) is 0 Å². The van der Waals surface area contributed by atoms with Crippen molar-refractivity contribution < 1.29 is 4.79 Å². The Balaban J connectivity index is 2.33. The number of amides is 1. The number of pyridine rings is 1. The van der Waals surface area contributed by atoms with Crippen LogP contribution in [-0.2, 0) is 0 Å². The molecule has 1 aromatic heterocycles. The van der Waals surface area contributed by atoms with Gasteiger partial charge in [-0.05, 0) is 65.2 Å². The van der Waals surface area contributed by atoms with E-state index in [2.05, 4.69) is 27.0 Å². The van der Waals surface area contributed by atoms with Gasteiger partial charge in [-0.15, -0.1) is 0 Å². The van der Waals surface area contributed by atoms with E-state index in [1.165, 1.54) is 0 Å². The Morgan fingerprint density at radius 2 is 1.79 bits per heavy atom. The minimum absolute atomic E-state index is 0.119. The minimum Gasteiger partial charge on any atom is -0.310 e. The highest BCUT2D eigenvalue weighted by molar-refractivity contribution is 9.10. The molecular formula is C15H15BrN2O. The standard InChI is InChI=1S/C15H15BrN2O/c1-10-7-11(2)9-12(8-10)18(3)15(19)13-5-4-6-14(16)17-13/h4-9H,1-3H3. The number of aryl methyl sites for hydroxylation is 2. The highest BCUT2D eigenvalue weighted by Gasteiger charge is 2.15. The molecular weight excluding hydrogens is 304 g/mol. The zero-order valence-corrected chi connectivity index (χ0v) is 12.7. The summed E-state index contributed by atoms with van der Waals surface area (Å²) in [4.78, 5) is 18.2. The van der Waals surface area contributed by atoms with Gasteiger partial charge in [0.05, 0.1) is 0 Å². The number of benzene rings is 1. The van der Waals surface area contributed by atoms with E-state index in [9.17, 15) is 4.79 Å². The van der Waals surface area contributed by atoms with Gasteiger partial charge in [0, 0.05) is 12.7 Å². The Bertz CT molecular complexity index is 605. The van der Waals surface area contributed by atoms with Gasteiger partial charge in [-0.1, -0.05) is 12.1 Å². The first-order chi connectivity index (χ1) is 8.97. The number of hydrogen-bond acceptors (Lipinski definition) is 2. The van der Waals surface area contributed by atoms with Crippen molar-refractivity contribution in [3.05, 3.63) is 57.8 Å². The topological polar surface area (TPSA) is 33.2 Å². The van der Waals surface area contributed by atoms with E-state index in [1.807, 2.05) is 26.0 Å². The molecule has 0 aliphatic rings. The summed E-state index contributed by atoms with van der Waals surface area (Å²) in [5, 5.41) is 0. The third-order valence-corrected chi connectivity index (χ3v) is 3.27. The normalized spacial score (nSPS) is 10.3. The highest BCUT2D eigenvalue weighted by Crippen LogP contribution is 2.19. The molecule has 2 rings (SSSR count). The maximum atomic E-state index is 12.4. The summed E-state index contributed by atoms with van der Waals surface area (Å²) < 4.78 is 0.659. The molecule has 0 saturated carbocycles. The zero-order chi connectivity index (χ0) is 14.0. The molecule has 1 amide bonds. The summed E-state index contributed by atoms with van der Waals surface area (Å²) in [5.41, 5.74) is 3.58. The molecule has 0 unspecified atom stereocenters. The molecule has 0 aliphatic carbocycles. The first-order valence-corrected chi connectivity index (χ1v) is 6.75. The summed E-state index contributed by atoms with van der Waals surface area (Å²) in [6.07, 6.45) is 0. The van der Waals surface area contributed by atoms with Crippen LogP contribution in [0.1, 0.15) is 21.6 Å². The van der Waals surface area contributed by atoms with Gasteiger partial charge in [-0.2, -0.15) is 0 Å². The minimum atomic E-state index is -0.119. The lowest BCUT2D eigenvalue weighted by molar-refractivity contribution is 0.0988. The van der Waals surface area contributed by atoms with Gasteiger partial charge < -0.3 is 4.90 Å². The summed E-state index contributed by atoms with van der Waals surface area (Å²) in [6.45, 7) is 4.04. The van der Waals surface area contributed by atoms with Crippen molar-refractivity contribution in [2.45, 2.75) is 13.8 Å². The fourth-order valence-electron chi connectivity index (χ4n) is 1.96. The zero-order valence-electron chi connectivity index (χ0n) is 11.1. The molecule has 1 aromatic carbocycles. The molecule has 0 fully saturated rings. The van der Waals surface area contributed by atoms with Gasteiger partial charge in [0.25, 0.3) is 5.91 Å². The van der Waals surface area contributed by atoms with Crippen molar-refractivity contribution in [1.29, 1.82) is 0 Å². The Morgan fingerprint density at radius 1 is 1.16 bits per heavy atom.